The lowest BCUT2D eigenvalue weighted by molar-refractivity contribution is -0.126. The van der Waals surface area contributed by atoms with Crippen LogP contribution in [0.2, 0.25) is 0 Å². The van der Waals surface area contributed by atoms with Crippen molar-refractivity contribution in [2.24, 2.45) is 5.41 Å². The molecule has 0 bridgehead atoms. The van der Waals surface area contributed by atoms with Gasteiger partial charge in [0.05, 0.1) is 18.1 Å². The Labute approximate surface area is 294 Å². The van der Waals surface area contributed by atoms with Crippen LogP contribution in [0, 0.1) is 23.7 Å². The lowest BCUT2D eigenvalue weighted by atomic mass is 9.78. The van der Waals surface area contributed by atoms with E-state index < -0.39 is 22.6 Å². The van der Waals surface area contributed by atoms with Crippen LogP contribution in [0.15, 0.2) is 30.6 Å². The Morgan fingerprint density at radius 2 is 1.76 bits per heavy atom. The normalized spacial score (nSPS) is 19.9. The fourth-order valence-electron chi connectivity index (χ4n) is 8.08. The van der Waals surface area contributed by atoms with Crippen LogP contribution < -0.4 is 5.32 Å². The minimum Gasteiger partial charge on any atom is -0.367 e. The number of nitriles is 1. The average molecular weight is 729 g/mol. The van der Waals surface area contributed by atoms with E-state index in [2.05, 4.69) is 54.8 Å². The summed E-state index contributed by atoms with van der Waals surface area (Å²) in [5.41, 5.74) is 4.25. The summed E-state index contributed by atoms with van der Waals surface area (Å²) in [7, 11) is -3.15. The number of aromatic nitrogens is 3. The van der Waals surface area contributed by atoms with Gasteiger partial charge in [0, 0.05) is 67.6 Å². The first-order chi connectivity index (χ1) is 23.8. The number of benzene rings is 1. The van der Waals surface area contributed by atoms with Gasteiger partial charge in [-0.15, -0.1) is 11.3 Å². The van der Waals surface area contributed by atoms with Crippen LogP contribution in [0.3, 0.4) is 0 Å². The number of thiophene rings is 1. The van der Waals surface area contributed by atoms with E-state index in [1.807, 2.05) is 6.07 Å². The molecular weight excluding hydrogens is 686 g/mol. The predicted octanol–water partition coefficient (Wildman–Crippen LogP) is 5.75. The Hall–Kier alpha value is -3.29. The van der Waals surface area contributed by atoms with E-state index in [9.17, 15) is 26.9 Å². The molecule has 6 heterocycles. The third kappa shape index (κ3) is 7.50. The van der Waals surface area contributed by atoms with Crippen molar-refractivity contribution in [3.05, 3.63) is 52.3 Å². The van der Waals surface area contributed by atoms with Crippen molar-refractivity contribution < 1.29 is 21.6 Å². The molecule has 3 aliphatic heterocycles. The summed E-state index contributed by atoms with van der Waals surface area (Å²) >= 11 is 1.06. The maximum Gasteiger partial charge on any atom is 0.393 e. The van der Waals surface area contributed by atoms with Gasteiger partial charge in [0.15, 0.2) is 0 Å². The third-order valence-electron chi connectivity index (χ3n) is 11.1. The highest BCUT2D eigenvalue weighted by molar-refractivity contribution is 7.88. The Kier molecular flexibility index (Phi) is 9.61. The third-order valence-corrected chi connectivity index (χ3v) is 13.4. The molecule has 3 saturated heterocycles. The molecule has 0 amide bonds. The van der Waals surface area contributed by atoms with E-state index in [0.717, 1.165) is 100 Å². The number of halogens is 3. The Balaban J connectivity index is 0.946. The van der Waals surface area contributed by atoms with Gasteiger partial charge in [-0.05, 0) is 86.9 Å². The first-order valence-electron chi connectivity index (χ1n) is 17.3. The number of likely N-dealkylation sites (tertiary alicyclic amines) is 2. The quantitative estimate of drug-likeness (QED) is 0.232. The first kappa shape index (κ1) is 35.1. The molecule has 268 valence electrons. The smallest absolute Gasteiger partial charge is 0.367 e. The molecule has 10 nitrogen and oxygen atoms in total. The van der Waals surface area contributed by atoms with E-state index in [1.165, 1.54) is 23.7 Å². The summed E-state index contributed by atoms with van der Waals surface area (Å²) in [6.07, 6.45) is 2.19. The summed E-state index contributed by atoms with van der Waals surface area (Å²) < 4.78 is 66.8. The Bertz CT molecular complexity index is 2020. The summed E-state index contributed by atoms with van der Waals surface area (Å²) in [6.45, 7) is 9.39. The highest BCUT2D eigenvalue weighted by Crippen LogP contribution is 2.41. The molecule has 3 fully saturated rings. The number of aryl methyl sites for hydroxylation is 1. The molecule has 1 N–H and O–H groups in total. The molecule has 7 rings (SSSR count). The van der Waals surface area contributed by atoms with Gasteiger partial charge < -0.3 is 14.8 Å². The molecule has 0 saturated carbocycles. The second-order valence-electron chi connectivity index (χ2n) is 14.4. The monoisotopic (exact) mass is 728 g/mol. The lowest BCUT2D eigenvalue weighted by Crippen LogP contribution is -2.43. The molecule has 15 heteroatoms. The van der Waals surface area contributed by atoms with Crippen LogP contribution in [0.1, 0.15) is 53.8 Å². The molecular formula is C35H43F3N8O2S2. The van der Waals surface area contributed by atoms with Gasteiger partial charge in [-0.3, -0.25) is 4.90 Å². The summed E-state index contributed by atoms with van der Waals surface area (Å²) in [6, 6.07) is 10.5. The topological polar surface area (TPSA) is 110 Å². The average Bonchev–Trinajstić information content (AvgIpc) is 3.78. The number of hydrogen-bond donors (Lipinski definition) is 1. The number of anilines is 1. The van der Waals surface area contributed by atoms with Crippen LogP contribution in [-0.4, -0.2) is 101 Å². The second-order valence-corrected chi connectivity index (χ2v) is 17.5. The van der Waals surface area contributed by atoms with E-state index in [-0.39, 0.29) is 16.3 Å². The standard InChI is InChI=1S/C35H43F3N8O2S2/c1-24-25(21-44-10-5-26(6-11-44)42-32-30-18-28(19-35(36,37)38)49-33(30)41-23-40-32)3-4-31-29(24)17-27(20-39)46(31)16-15-43-12-7-34(8-13-43)9-14-45(22-34)50(2,47)48/h3-4,17-18,23,26H,5-16,19,21-22H2,1-2H3,(H,40,41,42). The van der Waals surface area contributed by atoms with Crippen molar-refractivity contribution in [3.63, 3.8) is 0 Å². The number of fused-ring (bicyclic) bond motifs is 2. The summed E-state index contributed by atoms with van der Waals surface area (Å²) in [5.74, 6) is 0.594. The van der Waals surface area contributed by atoms with Crippen LogP contribution in [0.25, 0.3) is 21.1 Å². The minimum atomic E-state index is -4.26. The molecule has 50 heavy (non-hydrogen) atoms. The van der Waals surface area contributed by atoms with Gasteiger partial charge in [0.1, 0.15) is 28.7 Å². The van der Waals surface area contributed by atoms with Crippen molar-refractivity contribution in [2.45, 2.75) is 70.8 Å². The van der Waals surface area contributed by atoms with Crippen molar-refractivity contribution in [1.29, 1.82) is 5.26 Å². The maximum absolute atomic E-state index is 13.0. The van der Waals surface area contributed by atoms with E-state index in [1.54, 1.807) is 10.4 Å². The number of hydrogen-bond acceptors (Lipinski definition) is 9. The summed E-state index contributed by atoms with van der Waals surface area (Å²) in [5, 5.41) is 15.3. The fourth-order valence-corrected chi connectivity index (χ4v) is 10.0. The van der Waals surface area contributed by atoms with Crippen LogP contribution >= 0.6 is 11.3 Å². The highest BCUT2D eigenvalue weighted by Gasteiger charge is 2.43. The molecule has 3 aromatic heterocycles. The number of sulfonamides is 1. The van der Waals surface area contributed by atoms with E-state index in [0.29, 0.717) is 34.8 Å². The molecule has 0 aliphatic carbocycles. The van der Waals surface area contributed by atoms with Gasteiger partial charge in [-0.2, -0.15) is 18.4 Å². The number of nitrogens with zero attached hydrogens (tertiary/aromatic N) is 7. The number of nitrogens with one attached hydrogen (secondary N) is 1. The maximum atomic E-state index is 13.0. The van der Waals surface area contributed by atoms with Crippen molar-refractivity contribution >= 4 is 48.3 Å². The Morgan fingerprint density at radius 1 is 1.02 bits per heavy atom. The lowest BCUT2D eigenvalue weighted by Gasteiger charge is -2.39. The molecule has 0 radical (unpaired) electrons. The van der Waals surface area contributed by atoms with Crippen molar-refractivity contribution in [2.75, 3.05) is 57.4 Å². The molecule has 1 spiro atoms. The fraction of sp³-hybridized carbons (Fsp3) is 0.571. The number of piperidine rings is 2. The van der Waals surface area contributed by atoms with Gasteiger partial charge in [-0.1, -0.05) is 6.07 Å². The molecule has 4 aromatic rings. The zero-order chi connectivity index (χ0) is 35.3. The summed E-state index contributed by atoms with van der Waals surface area (Å²) in [4.78, 5) is 14.2. The zero-order valence-corrected chi connectivity index (χ0v) is 30.1. The molecule has 0 unspecified atom stereocenters. The molecule has 1 aromatic carbocycles. The zero-order valence-electron chi connectivity index (χ0n) is 28.5. The van der Waals surface area contributed by atoms with Gasteiger partial charge in [0.25, 0.3) is 0 Å². The highest BCUT2D eigenvalue weighted by atomic mass is 32.2. The van der Waals surface area contributed by atoms with Crippen LogP contribution in [0.5, 0.6) is 0 Å². The second kappa shape index (κ2) is 13.7. The first-order valence-corrected chi connectivity index (χ1v) is 19.9. The largest absolute Gasteiger partial charge is 0.393 e. The number of rotatable bonds is 9. The van der Waals surface area contributed by atoms with Crippen LogP contribution in [-0.2, 0) is 29.5 Å². The minimum absolute atomic E-state index is 0.0945. The number of alkyl halides is 3. The molecule has 3 aliphatic rings. The van der Waals surface area contributed by atoms with Crippen molar-refractivity contribution in [3.8, 4) is 6.07 Å². The van der Waals surface area contributed by atoms with Crippen molar-refractivity contribution in [1.82, 2.24) is 28.6 Å². The predicted molar refractivity (Wildman–Crippen MR) is 190 cm³/mol. The van der Waals surface area contributed by atoms with Gasteiger partial charge in [-0.25, -0.2) is 22.7 Å². The Morgan fingerprint density at radius 3 is 2.44 bits per heavy atom. The van der Waals surface area contributed by atoms with Gasteiger partial charge >= 0.3 is 6.18 Å². The van der Waals surface area contributed by atoms with E-state index >= 15 is 0 Å². The van der Waals surface area contributed by atoms with Crippen LogP contribution in [0.4, 0.5) is 19.0 Å². The SMILES string of the molecule is Cc1c(CN2CCC(Nc3ncnc4sc(CC(F)(F)F)cc34)CC2)ccc2c1cc(C#N)n2CCN1CCC2(CC1)CCN(S(C)(=O)=O)C2. The molecule has 0 atom stereocenters. The van der Waals surface area contributed by atoms with E-state index in [4.69, 9.17) is 0 Å². The van der Waals surface area contributed by atoms with Gasteiger partial charge in [0.2, 0.25) is 10.0 Å².